The lowest BCUT2D eigenvalue weighted by Gasteiger charge is -2.06. The van der Waals surface area contributed by atoms with Crippen molar-refractivity contribution in [2.75, 3.05) is 19.7 Å². The highest BCUT2D eigenvalue weighted by molar-refractivity contribution is 7.99. The Hall–Kier alpha value is -0.510. The minimum Gasteiger partial charge on any atom is -0.395 e. The van der Waals surface area contributed by atoms with Gasteiger partial charge in [-0.2, -0.15) is 0 Å². The zero-order chi connectivity index (χ0) is 11.8. The predicted octanol–water partition coefficient (Wildman–Crippen LogP) is 2.31. The maximum atomic E-state index is 8.62. The largest absolute Gasteiger partial charge is 0.395 e. The van der Waals surface area contributed by atoms with Gasteiger partial charge in [0.1, 0.15) is 0 Å². The highest BCUT2D eigenvalue weighted by Crippen LogP contribution is 2.22. The number of aliphatic hydroxyl groups is 1. The molecule has 0 aromatic heterocycles. The van der Waals surface area contributed by atoms with Crippen LogP contribution in [0.5, 0.6) is 0 Å². The summed E-state index contributed by atoms with van der Waals surface area (Å²) in [7, 11) is 0. The van der Waals surface area contributed by atoms with Crippen LogP contribution in [0.25, 0.3) is 0 Å². The average molecular weight is 239 g/mol. The van der Waals surface area contributed by atoms with Gasteiger partial charge in [0, 0.05) is 16.7 Å². The van der Waals surface area contributed by atoms with Crippen molar-refractivity contribution < 1.29 is 5.11 Å². The van der Waals surface area contributed by atoms with Crippen molar-refractivity contribution in [2.24, 2.45) is 0 Å². The minimum atomic E-state index is 0.212. The van der Waals surface area contributed by atoms with E-state index in [0.717, 1.165) is 13.0 Å². The number of benzene rings is 1. The third-order valence-electron chi connectivity index (χ3n) is 2.17. The van der Waals surface area contributed by atoms with Crippen molar-refractivity contribution in [1.29, 1.82) is 0 Å². The fourth-order valence-corrected chi connectivity index (χ4v) is 2.28. The Morgan fingerprint density at radius 1 is 1.19 bits per heavy atom. The van der Waals surface area contributed by atoms with Crippen LogP contribution in [0.2, 0.25) is 0 Å². The molecule has 0 radical (unpaired) electrons. The summed E-state index contributed by atoms with van der Waals surface area (Å²) in [6.07, 6.45) is 1.02. The van der Waals surface area contributed by atoms with Gasteiger partial charge in [-0.05, 0) is 30.7 Å². The molecule has 0 aliphatic rings. The molecular weight excluding hydrogens is 218 g/mol. The molecule has 1 rings (SSSR count). The second-order valence-electron chi connectivity index (χ2n) is 4.03. The van der Waals surface area contributed by atoms with E-state index in [1.165, 1.54) is 10.5 Å². The van der Waals surface area contributed by atoms with Crippen LogP contribution >= 0.6 is 11.8 Å². The Kier molecular flexibility index (Phi) is 6.53. The van der Waals surface area contributed by atoms with Gasteiger partial charge in [-0.15, -0.1) is 11.8 Å². The highest BCUT2D eigenvalue weighted by Gasteiger charge is 1.98. The molecule has 0 saturated carbocycles. The fourth-order valence-electron chi connectivity index (χ4n) is 1.44. The molecule has 0 fully saturated rings. The zero-order valence-electron chi connectivity index (χ0n) is 10.1. The van der Waals surface area contributed by atoms with E-state index in [4.69, 9.17) is 5.11 Å². The van der Waals surface area contributed by atoms with E-state index >= 15 is 0 Å². The van der Waals surface area contributed by atoms with Gasteiger partial charge in [0.25, 0.3) is 0 Å². The molecule has 0 unspecified atom stereocenters. The van der Waals surface area contributed by atoms with Crippen molar-refractivity contribution in [3.63, 3.8) is 0 Å². The number of nitrogens with one attached hydrogen (secondary N) is 1. The number of hydrogen-bond acceptors (Lipinski definition) is 3. The van der Waals surface area contributed by atoms with Gasteiger partial charge in [0.2, 0.25) is 0 Å². The van der Waals surface area contributed by atoms with Gasteiger partial charge in [-0.3, -0.25) is 0 Å². The summed E-state index contributed by atoms with van der Waals surface area (Å²) in [6, 6.07) is 8.74. The van der Waals surface area contributed by atoms with Crippen LogP contribution in [-0.4, -0.2) is 30.1 Å². The van der Waals surface area contributed by atoms with Crippen LogP contribution in [0, 0.1) is 0 Å². The molecule has 0 aliphatic heterocycles. The third kappa shape index (κ3) is 5.54. The monoisotopic (exact) mass is 239 g/mol. The molecule has 0 atom stereocenters. The first-order valence-electron chi connectivity index (χ1n) is 5.79. The van der Waals surface area contributed by atoms with E-state index in [0.29, 0.717) is 11.8 Å². The fraction of sp³-hybridized carbons (Fsp3) is 0.538. The van der Waals surface area contributed by atoms with Crippen LogP contribution < -0.4 is 5.32 Å². The summed E-state index contributed by atoms with van der Waals surface area (Å²) in [5, 5.41) is 12.4. The second-order valence-corrected chi connectivity index (χ2v) is 5.68. The van der Waals surface area contributed by atoms with E-state index in [1.807, 2.05) is 11.8 Å². The van der Waals surface area contributed by atoms with Crippen LogP contribution in [0.1, 0.15) is 19.4 Å². The average Bonchev–Trinajstić information content (AvgIpc) is 2.26. The van der Waals surface area contributed by atoms with Crippen molar-refractivity contribution in [1.82, 2.24) is 5.32 Å². The van der Waals surface area contributed by atoms with Crippen molar-refractivity contribution in [3.05, 3.63) is 29.8 Å². The topological polar surface area (TPSA) is 32.3 Å². The van der Waals surface area contributed by atoms with E-state index in [1.54, 1.807) is 0 Å². The van der Waals surface area contributed by atoms with E-state index in [9.17, 15) is 0 Å². The standard InChI is InChI=1S/C13H21NOS/c1-11(2)16-13-5-3-12(4-6-13)7-8-14-9-10-15/h3-6,11,14-15H,7-10H2,1-2H3. The smallest absolute Gasteiger partial charge is 0.0555 e. The lowest BCUT2D eigenvalue weighted by atomic mass is 10.1. The van der Waals surface area contributed by atoms with Gasteiger partial charge >= 0.3 is 0 Å². The summed E-state index contributed by atoms with van der Waals surface area (Å²) >= 11 is 1.89. The summed E-state index contributed by atoms with van der Waals surface area (Å²) in [4.78, 5) is 1.34. The predicted molar refractivity (Wildman–Crippen MR) is 71.1 cm³/mol. The lowest BCUT2D eigenvalue weighted by Crippen LogP contribution is -2.20. The number of aliphatic hydroxyl groups excluding tert-OH is 1. The Balaban J connectivity index is 2.33. The van der Waals surface area contributed by atoms with Gasteiger partial charge < -0.3 is 10.4 Å². The number of thioether (sulfide) groups is 1. The minimum absolute atomic E-state index is 0.212. The summed E-state index contributed by atoms with van der Waals surface area (Å²) in [5.41, 5.74) is 1.35. The molecule has 0 saturated heterocycles. The van der Waals surface area contributed by atoms with Gasteiger partial charge in [0.05, 0.1) is 6.61 Å². The Morgan fingerprint density at radius 2 is 1.88 bits per heavy atom. The van der Waals surface area contributed by atoms with Crippen molar-refractivity contribution in [3.8, 4) is 0 Å². The summed E-state index contributed by atoms with van der Waals surface area (Å²) in [5.74, 6) is 0. The maximum absolute atomic E-state index is 8.62. The summed E-state index contributed by atoms with van der Waals surface area (Å²) in [6.45, 7) is 6.23. The van der Waals surface area contributed by atoms with Crippen LogP contribution in [0.4, 0.5) is 0 Å². The molecule has 90 valence electrons. The molecular formula is C13H21NOS. The summed E-state index contributed by atoms with van der Waals surface area (Å²) < 4.78 is 0. The SMILES string of the molecule is CC(C)Sc1ccc(CCNCCO)cc1. The molecule has 16 heavy (non-hydrogen) atoms. The van der Waals surface area contributed by atoms with E-state index in [2.05, 4.69) is 43.4 Å². The molecule has 1 aromatic rings. The first-order valence-corrected chi connectivity index (χ1v) is 6.67. The Bertz CT molecular complexity index is 284. The number of rotatable bonds is 7. The zero-order valence-corrected chi connectivity index (χ0v) is 10.9. The first-order chi connectivity index (χ1) is 7.72. The molecule has 0 heterocycles. The van der Waals surface area contributed by atoms with Crippen LogP contribution in [-0.2, 0) is 6.42 Å². The second kappa shape index (κ2) is 7.71. The van der Waals surface area contributed by atoms with Gasteiger partial charge in [0.15, 0.2) is 0 Å². The molecule has 1 aromatic carbocycles. The third-order valence-corrected chi connectivity index (χ3v) is 3.19. The highest BCUT2D eigenvalue weighted by atomic mass is 32.2. The molecule has 3 heteroatoms. The normalized spacial score (nSPS) is 11.0. The van der Waals surface area contributed by atoms with Crippen molar-refractivity contribution >= 4 is 11.8 Å². The van der Waals surface area contributed by atoms with Gasteiger partial charge in [-0.25, -0.2) is 0 Å². The van der Waals surface area contributed by atoms with E-state index in [-0.39, 0.29) is 6.61 Å². The molecule has 2 N–H and O–H groups in total. The lowest BCUT2D eigenvalue weighted by molar-refractivity contribution is 0.293. The van der Waals surface area contributed by atoms with Crippen LogP contribution in [0.15, 0.2) is 29.2 Å². The molecule has 0 amide bonds. The Labute approximate surface area is 102 Å². The Morgan fingerprint density at radius 3 is 2.44 bits per heavy atom. The molecule has 0 spiro atoms. The van der Waals surface area contributed by atoms with Crippen molar-refractivity contribution in [2.45, 2.75) is 30.4 Å². The quantitative estimate of drug-likeness (QED) is 0.566. The molecule has 0 bridgehead atoms. The van der Waals surface area contributed by atoms with Crippen LogP contribution in [0.3, 0.4) is 0 Å². The first kappa shape index (κ1) is 13.6. The number of hydrogen-bond donors (Lipinski definition) is 2. The molecule has 0 aliphatic carbocycles. The van der Waals surface area contributed by atoms with Gasteiger partial charge in [-0.1, -0.05) is 26.0 Å². The van der Waals surface area contributed by atoms with E-state index < -0.39 is 0 Å². The maximum Gasteiger partial charge on any atom is 0.0555 e. The molecule has 2 nitrogen and oxygen atoms in total.